The Labute approximate surface area is 129 Å². The summed E-state index contributed by atoms with van der Waals surface area (Å²) in [6, 6.07) is 12.2. The van der Waals surface area contributed by atoms with Crippen molar-refractivity contribution in [3.8, 4) is 11.1 Å². The minimum Gasteiger partial charge on any atom is -0.396 e. The van der Waals surface area contributed by atoms with E-state index in [0.717, 1.165) is 34.0 Å². The Morgan fingerprint density at radius 1 is 1.18 bits per heavy atom. The van der Waals surface area contributed by atoms with Crippen LogP contribution in [0.1, 0.15) is 17.8 Å². The van der Waals surface area contributed by atoms with E-state index < -0.39 is 0 Å². The van der Waals surface area contributed by atoms with Gasteiger partial charge in [0.25, 0.3) is 0 Å². The van der Waals surface area contributed by atoms with Gasteiger partial charge in [0.15, 0.2) is 5.65 Å². The van der Waals surface area contributed by atoms with E-state index in [1.807, 2.05) is 42.6 Å². The molecule has 0 spiro atoms. The molecule has 2 aromatic heterocycles. The van der Waals surface area contributed by atoms with Crippen LogP contribution in [0.25, 0.3) is 16.8 Å². The number of nitrogens with one attached hydrogen (secondary N) is 1. The quantitative estimate of drug-likeness (QED) is 0.711. The number of aromatic nitrogens is 3. The molecule has 0 saturated heterocycles. The fourth-order valence-corrected chi connectivity index (χ4v) is 2.61. The number of aliphatic hydroxyl groups excluding tert-OH is 1. The normalized spacial score (nSPS) is 11.0. The van der Waals surface area contributed by atoms with Crippen molar-refractivity contribution in [1.82, 2.24) is 14.6 Å². The molecule has 22 heavy (non-hydrogen) atoms. The number of rotatable bonds is 5. The molecule has 3 aromatic rings. The van der Waals surface area contributed by atoms with Gasteiger partial charge >= 0.3 is 0 Å². The highest BCUT2D eigenvalue weighted by Gasteiger charge is 2.15. The van der Waals surface area contributed by atoms with Gasteiger partial charge in [-0.2, -0.15) is 9.61 Å². The number of nitrogens with zero attached hydrogens (tertiary/aromatic N) is 3. The topological polar surface area (TPSA) is 62.5 Å². The second-order valence-electron chi connectivity index (χ2n) is 5.35. The third-order valence-corrected chi connectivity index (χ3v) is 3.60. The van der Waals surface area contributed by atoms with Gasteiger partial charge in [-0.15, -0.1) is 0 Å². The zero-order valence-corrected chi connectivity index (χ0v) is 12.9. The van der Waals surface area contributed by atoms with E-state index in [4.69, 9.17) is 5.11 Å². The molecule has 0 unspecified atom stereocenters. The summed E-state index contributed by atoms with van der Waals surface area (Å²) in [7, 11) is 0. The zero-order valence-electron chi connectivity index (χ0n) is 12.9. The predicted molar refractivity (Wildman–Crippen MR) is 88.1 cm³/mol. The largest absolute Gasteiger partial charge is 0.396 e. The first kappa shape index (κ1) is 14.5. The van der Waals surface area contributed by atoms with Crippen molar-refractivity contribution in [1.29, 1.82) is 0 Å². The number of anilines is 1. The molecule has 5 heteroatoms. The molecule has 114 valence electrons. The molecular formula is C17H20N4O. The number of fused-ring (bicyclic) bond motifs is 1. The summed E-state index contributed by atoms with van der Waals surface area (Å²) in [5, 5.41) is 16.9. The summed E-state index contributed by atoms with van der Waals surface area (Å²) >= 11 is 0. The van der Waals surface area contributed by atoms with Crippen molar-refractivity contribution in [3.05, 3.63) is 47.8 Å². The van der Waals surface area contributed by atoms with E-state index in [2.05, 4.69) is 27.5 Å². The minimum atomic E-state index is 0.174. The van der Waals surface area contributed by atoms with Gasteiger partial charge in [0.05, 0.1) is 5.69 Å². The van der Waals surface area contributed by atoms with Gasteiger partial charge in [0.2, 0.25) is 0 Å². The first-order valence-electron chi connectivity index (χ1n) is 7.48. The molecule has 0 bridgehead atoms. The maximum atomic E-state index is 8.93. The molecule has 0 amide bonds. The standard InChI is InChI=1S/C17H20N4O/c1-12-11-15(18-9-6-10-22)21-17(19-12)16(13(2)20-21)14-7-4-3-5-8-14/h3-5,7-8,11,18,22H,6,9-10H2,1-2H3. The lowest BCUT2D eigenvalue weighted by Gasteiger charge is -2.09. The van der Waals surface area contributed by atoms with Crippen LogP contribution in [0.5, 0.6) is 0 Å². The highest BCUT2D eigenvalue weighted by molar-refractivity contribution is 5.80. The lowest BCUT2D eigenvalue weighted by molar-refractivity contribution is 0.292. The molecule has 2 heterocycles. The highest BCUT2D eigenvalue weighted by atomic mass is 16.3. The second kappa shape index (κ2) is 6.15. The van der Waals surface area contributed by atoms with E-state index in [0.29, 0.717) is 13.0 Å². The molecule has 0 fully saturated rings. The molecule has 3 rings (SSSR count). The van der Waals surface area contributed by atoms with Gasteiger partial charge in [-0.1, -0.05) is 30.3 Å². The van der Waals surface area contributed by atoms with Crippen LogP contribution in [0, 0.1) is 13.8 Å². The summed E-state index contributed by atoms with van der Waals surface area (Å²) in [6.07, 6.45) is 0.703. The number of hydrogen-bond donors (Lipinski definition) is 2. The Morgan fingerprint density at radius 3 is 2.68 bits per heavy atom. The van der Waals surface area contributed by atoms with E-state index in [1.54, 1.807) is 0 Å². The Balaban J connectivity index is 2.13. The number of benzene rings is 1. The van der Waals surface area contributed by atoms with Crippen LogP contribution in [0.4, 0.5) is 5.82 Å². The van der Waals surface area contributed by atoms with Crippen LogP contribution in [0.3, 0.4) is 0 Å². The zero-order chi connectivity index (χ0) is 15.5. The number of hydrogen-bond acceptors (Lipinski definition) is 4. The average molecular weight is 296 g/mol. The molecule has 0 radical (unpaired) electrons. The van der Waals surface area contributed by atoms with Crippen molar-refractivity contribution in [2.75, 3.05) is 18.5 Å². The van der Waals surface area contributed by atoms with Gasteiger partial charge in [0, 0.05) is 30.5 Å². The Kier molecular flexibility index (Phi) is 4.06. The second-order valence-corrected chi connectivity index (χ2v) is 5.35. The van der Waals surface area contributed by atoms with E-state index in [9.17, 15) is 0 Å². The van der Waals surface area contributed by atoms with Crippen LogP contribution >= 0.6 is 0 Å². The molecule has 0 aliphatic rings. The van der Waals surface area contributed by atoms with Crippen molar-refractivity contribution >= 4 is 11.5 Å². The van der Waals surface area contributed by atoms with Gasteiger partial charge in [-0.05, 0) is 25.8 Å². The summed E-state index contributed by atoms with van der Waals surface area (Å²) in [6.45, 7) is 4.86. The lowest BCUT2D eigenvalue weighted by atomic mass is 10.1. The Bertz CT molecular complexity index is 780. The van der Waals surface area contributed by atoms with Gasteiger partial charge in [-0.25, -0.2) is 4.98 Å². The SMILES string of the molecule is Cc1cc(NCCCO)n2nc(C)c(-c3ccccc3)c2n1. The summed E-state index contributed by atoms with van der Waals surface area (Å²) in [4.78, 5) is 4.67. The van der Waals surface area contributed by atoms with E-state index in [1.165, 1.54) is 0 Å². The smallest absolute Gasteiger partial charge is 0.165 e. The van der Waals surface area contributed by atoms with Crippen molar-refractivity contribution in [2.45, 2.75) is 20.3 Å². The van der Waals surface area contributed by atoms with Gasteiger partial charge in [0.1, 0.15) is 5.82 Å². The maximum Gasteiger partial charge on any atom is 0.165 e. The number of aliphatic hydroxyl groups is 1. The molecule has 0 atom stereocenters. The first-order valence-corrected chi connectivity index (χ1v) is 7.48. The van der Waals surface area contributed by atoms with Crippen LogP contribution in [-0.2, 0) is 0 Å². The van der Waals surface area contributed by atoms with Crippen molar-refractivity contribution in [3.63, 3.8) is 0 Å². The Morgan fingerprint density at radius 2 is 1.95 bits per heavy atom. The van der Waals surface area contributed by atoms with Gasteiger partial charge < -0.3 is 10.4 Å². The third-order valence-electron chi connectivity index (χ3n) is 3.60. The molecule has 1 aromatic carbocycles. The highest BCUT2D eigenvalue weighted by Crippen LogP contribution is 2.28. The van der Waals surface area contributed by atoms with Gasteiger partial charge in [-0.3, -0.25) is 0 Å². The minimum absolute atomic E-state index is 0.174. The summed E-state index contributed by atoms with van der Waals surface area (Å²) in [5.74, 6) is 0.904. The van der Waals surface area contributed by atoms with Crippen LogP contribution < -0.4 is 5.32 Å². The first-order chi connectivity index (χ1) is 10.7. The Hall–Kier alpha value is -2.40. The van der Waals surface area contributed by atoms with E-state index >= 15 is 0 Å². The fraction of sp³-hybridized carbons (Fsp3) is 0.294. The number of aryl methyl sites for hydroxylation is 2. The fourth-order valence-electron chi connectivity index (χ4n) is 2.61. The van der Waals surface area contributed by atoms with Crippen LogP contribution in [0.15, 0.2) is 36.4 Å². The molecule has 0 aliphatic carbocycles. The third kappa shape index (κ3) is 2.67. The van der Waals surface area contributed by atoms with Crippen molar-refractivity contribution in [2.24, 2.45) is 0 Å². The molecule has 2 N–H and O–H groups in total. The molecule has 0 saturated carbocycles. The predicted octanol–water partition coefficient (Wildman–Crippen LogP) is 2.81. The molecule has 5 nitrogen and oxygen atoms in total. The molecular weight excluding hydrogens is 276 g/mol. The summed E-state index contributed by atoms with van der Waals surface area (Å²) < 4.78 is 1.85. The monoisotopic (exact) mass is 296 g/mol. The summed E-state index contributed by atoms with van der Waals surface area (Å²) in [5.41, 5.74) is 4.93. The van der Waals surface area contributed by atoms with Crippen molar-refractivity contribution < 1.29 is 5.11 Å². The maximum absolute atomic E-state index is 8.93. The van der Waals surface area contributed by atoms with E-state index in [-0.39, 0.29) is 6.61 Å². The molecule has 0 aliphatic heterocycles. The van der Waals surface area contributed by atoms with Crippen LogP contribution in [0.2, 0.25) is 0 Å². The van der Waals surface area contributed by atoms with Crippen LogP contribution in [-0.4, -0.2) is 32.9 Å². The average Bonchev–Trinajstić information content (AvgIpc) is 2.84. The lowest BCUT2D eigenvalue weighted by Crippen LogP contribution is -2.09.